The van der Waals surface area contributed by atoms with Crippen LogP contribution in [0.15, 0.2) is 23.0 Å². The summed E-state index contributed by atoms with van der Waals surface area (Å²) in [6.07, 6.45) is -0.0486. The average molecular weight is 234 g/mol. The third-order valence-electron chi connectivity index (χ3n) is 2.85. The minimum Gasteiger partial charge on any atom is -0.481 e. The van der Waals surface area contributed by atoms with E-state index >= 15 is 0 Å². The monoisotopic (exact) mass is 234 g/mol. The third-order valence-corrected chi connectivity index (χ3v) is 2.85. The second-order valence-corrected chi connectivity index (χ2v) is 4.13. The van der Waals surface area contributed by atoms with Crippen LogP contribution < -0.4 is 5.69 Å². The Bertz CT molecular complexity index is 637. The predicted molar refractivity (Wildman–Crippen MR) is 64.2 cm³/mol. The molecule has 1 aromatic carbocycles. The zero-order chi connectivity index (χ0) is 12.6. The molecule has 1 heterocycles. The Hall–Kier alpha value is -2.04. The van der Waals surface area contributed by atoms with Gasteiger partial charge in [-0.2, -0.15) is 0 Å². The second kappa shape index (κ2) is 4.08. The molecule has 17 heavy (non-hydrogen) atoms. The Balaban J connectivity index is 2.60. The number of carboxylic acids is 1. The second-order valence-electron chi connectivity index (χ2n) is 4.13. The molecule has 5 nitrogen and oxygen atoms in total. The molecule has 0 fully saturated rings. The highest BCUT2D eigenvalue weighted by Gasteiger charge is 2.11. The Morgan fingerprint density at radius 1 is 1.35 bits per heavy atom. The van der Waals surface area contributed by atoms with E-state index in [1.807, 2.05) is 25.1 Å². The molecule has 2 rings (SSSR count). The van der Waals surface area contributed by atoms with Crippen LogP contribution >= 0.6 is 0 Å². The van der Waals surface area contributed by atoms with Crippen molar-refractivity contribution in [2.45, 2.75) is 19.9 Å². The van der Waals surface area contributed by atoms with Crippen LogP contribution in [0.1, 0.15) is 12.0 Å². The van der Waals surface area contributed by atoms with Crippen molar-refractivity contribution in [3.05, 3.63) is 34.2 Å². The maximum absolute atomic E-state index is 11.9. The molecule has 0 bridgehead atoms. The Labute approximate surface area is 97.9 Å². The standard InChI is InChI=1S/C12H14N2O3/c1-8-3-4-9-10(7-8)14(6-5-11(15)16)12(17)13(9)2/h3-4,7H,5-6H2,1-2H3,(H,15,16). The molecule has 90 valence electrons. The van der Waals surface area contributed by atoms with Gasteiger partial charge in [0.2, 0.25) is 0 Å². The van der Waals surface area contributed by atoms with E-state index in [1.54, 1.807) is 7.05 Å². The fourth-order valence-electron chi connectivity index (χ4n) is 1.94. The van der Waals surface area contributed by atoms with Crippen LogP contribution in [0.3, 0.4) is 0 Å². The van der Waals surface area contributed by atoms with Crippen molar-refractivity contribution in [1.29, 1.82) is 0 Å². The van der Waals surface area contributed by atoms with E-state index in [-0.39, 0.29) is 18.7 Å². The summed E-state index contributed by atoms with van der Waals surface area (Å²) in [6.45, 7) is 2.15. The highest BCUT2D eigenvalue weighted by Crippen LogP contribution is 2.14. The molecule has 2 aromatic rings. The van der Waals surface area contributed by atoms with Crippen LogP contribution in [0.25, 0.3) is 11.0 Å². The van der Waals surface area contributed by atoms with E-state index in [0.717, 1.165) is 16.6 Å². The fraction of sp³-hybridized carbons (Fsp3) is 0.333. The van der Waals surface area contributed by atoms with Crippen molar-refractivity contribution >= 4 is 17.0 Å². The first kappa shape index (κ1) is 11.4. The summed E-state index contributed by atoms with van der Waals surface area (Å²) in [5, 5.41) is 8.68. The summed E-state index contributed by atoms with van der Waals surface area (Å²) in [7, 11) is 1.69. The lowest BCUT2D eigenvalue weighted by Gasteiger charge is -2.01. The largest absolute Gasteiger partial charge is 0.481 e. The van der Waals surface area contributed by atoms with Gasteiger partial charge in [-0.1, -0.05) is 6.07 Å². The van der Waals surface area contributed by atoms with E-state index < -0.39 is 5.97 Å². The smallest absolute Gasteiger partial charge is 0.328 e. The van der Waals surface area contributed by atoms with Crippen LogP contribution in [0.2, 0.25) is 0 Å². The maximum atomic E-state index is 11.9. The topological polar surface area (TPSA) is 64.2 Å². The van der Waals surface area contributed by atoms with Crippen LogP contribution in [0.4, 0.5) is 0 Å². The number of hydrogen-bond acceptors (Lipinski definition) is 2. The molecule has 0 radical (unpaired) electrons. The van der Waals surface area contributed by atoms with Crippen molar-refractivity contribution in [3.8, 4) is 0 Å². The fourth-order valence-corrected chi connectivity index (χ4v) is 1.94. The minimum absolute atomic E-state index is 0.0486. The molecule has 0 saturated heterocycles. The number of carbonyl (C=O) groups is 1. The van der Waals surface area contributed by atoms with Crippen molar-refractivity contribution in [1.82, 2.24) is 9.13 Å². The van der Waals surface area contributed by atoms with Gasteiger partial charge >= 0.3 is 11.7 Å². The van der Waals surface area contributed by atoms with E-state index in [2.05, 4.69) is 0 Å². The van der Waals surface area contributed by atoms with E-state index in [0.29, 0.717) is 0 Å². The van der Waals surface area contributed by atoms with Gasteiger partial charge in [-0.15, -0.1) is 0 Å². The van der Waals surface area contributed by atoms with Crippen molar-refractivity contribution in [2.24, 2.45) is 7.05 Å². The number of carboxylic acid groups (broad SMARTS) is 1. The van der Waals surface area contributed by atoms with Gasteiger partial charge in [0, 0.05) is 13.6 Å². The molecule has 0 aliphatic rings. The quantitative estimate of drug-likeness (QED) is 0.865. The number of hydrogen-bond donors (Lipinski definition) is 1. The molecular formula is C12H14N2O3. The van der Waals surface area contributed by atoms with Crippen LogP contribution in [-0.4, -0.2) is 20.2 Å². The predicted octanol–water partition coefficient (Wildman–Crippen LogP) is 1.12. The molecule has 0 aliphatic carbocycles. The highest BCUT2D eigenvalue weighted by molar-refractivity contribution is 5.77. The third kappa shape index (κ3) is 1.95. The highest BCUT2D eigenvalue weighted by atomic mass is 16.4. The number of aryl methyl sites for hydroxylation is 3. The number of imidazole rings is 1. The number of fused-ring (bicyclic) bond motifs is 1. The molecule has 0 amide bonds. The van der Waals surface area contributed by atoms with Gasteiger partial charge in [0.15, 0.2) is 0 Å². The Morgan fingerprint density at radius 3 is 2.71 bits per heavy atom. The van der Waals surface area contributed by atoms with Gasteiger partial charge < -0.3 is 5.11 Å². The number of rotatable bonds is 3. The van der Waals surface area contributed by atoms with Crippen LogP contribution in [0, 0.1) is 6.92 Å². The summed E-state index contributed by atoms with van der Waals surface area (Å²) >= 11 is 0. The van der Waals surface area contributed by atoms with Gasteiger partial charge in [0.1, 0.15) is 0 Å². The first-order chi connectivity index (χ1) is 8.00. The number of aliphatic carboxylic acids is 1. The summed E-state index contributed by atoms with van der Waals surface area (Å²) < 4.78 is 3.05. The van der Waals surface area contributed by atoms with Crippen LogP contribution in [-0.2, 0) is 18.4 Å². The first-order valence-electron chi connectivity index (χ1n) is 5.38. The zero-order valence-electron chi connectivity index (χ0n) is 9.80. The number of benzene rings is 1. The molecule has 0 atom stereocenters. The SMILES string of the molecule is Cc1ccc2c(c1)n(CCC(=O)O)c(=O)n2C. The van der Waals surface area contributed by atoms with E-state index in [9.17, 15) is 9.59 Å². The molecule has 0 unspecified atom stereocenters. The summed E-state index contributed by atoms with van der Waals surface area (Å²) in [5.41, 5.74) is 2.49. The first-order valence-corrected chi connectivity index (χ1v) is 5.38. The maximum Gasteiger partial charge on any atom is 0.328 e. The average Bonchev–Trinajstić information content (AvgIpc) is 2.49. The molecule has 1 N–H and O–H groups in total. The summed E-state index contributed by atoms with van der Waals surface area (Å²) in [6, 6.07) is 5.71. The number of nitrogens with zero attached hydrogens (tertiary/aromatic N) is 2. The van der Waals surface area contributed by atoms with Gasteiger partial charge in [0.05, 0.1) is 17.5 Å². The van der Waals surface area contributed by atoms with Crippen molar-refractivity contribution in [2.75, 3.05) is 0 Å². The number of aromatic nitrogens is 2. The van der Waals surface area contributed by atoms with E-state index in [1.165, 1.54) is 9.13 Å². The normalized spacial score (nSPS) is 10.9. The molecule has 1 aromatic heterocycles. The lowest BCUT2D eigenvalue weighted by molar-refractivity contribution is -0.137. The van der Waals surface area contributed by atoms with Crippen molar-refractivity contribution in [3.63, 3.8) is 0 Å². The van der Waals surface area contributed by atoms with Crippen LogP contribution in [0.5, 0.6) is 0 Å². The Morgan fingerprint density at radius 2 is 2.06 bits per heavy atom. The Kier molecular flexibility index (Phi) is 2.75. The molecular weight excluding hydrogens is 220 g/mol. The van der Waals surface area contributed by atoms with Gasteiger partial charge in [-0.3, -0.25) is 13.9 Å². The van der Waals surface area contributed by atoms with E-state index in [4.69, 9.17) is 5.11 Å². The zero-order valence-corrected chi connectivity index (χ0v) is 9.80. The van der Waals surface area contributed by atoms with Gasteiger partial charge in [-0.05, 0) is 24.6 Å². The van der Waals surface area contributed by atoms with Gasteiger partial charge in [-0.25, -0.2) is 4.79 Å². The lowest BCUT2D eigenvalue weighted by Crippen LogP contribution is -2.23. The summed E-state index contributed by atoms with van der Waals surface area (Å²) in [5.74, 6) is -0.901. The molecule has 0 aliphatic heterocycles. The van der Waals surface area contributed by atoms with Gasteiger partial charge in [0.25, 0.3) is 0 Å². The molecule has 0 spiro atoms. The lowest BCUT2D eigenvalue weighted by atomic mass is 10.2. The van der Waals surface area contributed by atoms with Crippen molar-refractivity contribution < 1.29 is 9.90 Å². The molecule has 5 heteroatoms. The molecule has 0 saturated carbocycles. The minimum atomic E-state index is -0.901. The summed E-state index contributed by atoms with van der Waals surface area (Å²) in [4.78, 5) is 22.5.